The maximum absolute atomic E-state index is 14.5. The van der Waals surface area contributed by atoms with Gasteiger partial charge in [0.15, 0.2) is 0 Å². The van der Waals surface area contributed by atoms with Crippen molar-refractivity contribution in [1.82, 2.24) is 15.1 Å². The molecule has 5 nitrogen and oxygen atoms in total. The molecule has 0 bridgehead atoms. The van der Waals surface area contributed by atoms with Crippen LogP contribution in [0.1, 0.15) is 25.0 Å². The topological polar surface area (TPSA) is 67.2 Å². The minimum atomic E-state index is -5.06. The third kappa shape index (κ3) is 2.87. The summed E-state index contributed by atoms with van der Waals surface area (Å²) in [6.07, 6.45) is -2.24. The number of likely N-dealkylation sites (N-methyl/N-ethyl adjacent to an activating group) is 1. The van der Waals surface area contributed by atoms with Gasteiger partial charge in [0.2, 0.25) is 11.5 Å². The Balaban J connectivity index is 1.98. The van der Waals surface area contributed by atoms with Crippen LogP contribution >= 0.6 is 0 Å². The van der Waals surface area contributed by atoms with Crippen molar-refractivity contribution in [3.8, 4) is 22.3 Å². The molecule has 0 unspecified atom stereocenters. The highest BCUT2D eigenvalue weighted by molar-refractivity contribution is 5.92. The Kier molecular flexibility index (Phi) is 4.51. The number of hydrogen-bond donors (Lipinski definition) is 2. The molecule has 1 aromatic heterocycles. The van der Waals surface area contributed by atoms with Gasteiger partial charge in [-0.1, -0.05) is 24.3 Å². The number of hydrogen-bond acceptors (Lipinski definition) is 3. The Labute approximate surface area is 175 Å². The van der Waals surface area contributed by atoms with Crippen LogP contribution in [0.4, 0.5) is 17.6 Å². The van der Waals surface area contributed by atoms with E-state index in [4.69, 9.17) is 0 Å². The second kappa shape index (κ2) is 6.65. The number of carbonyl (C=O) groups is 1. The van der Waals surface area contributed by atoms with Crippen LogP contribution in [0.15, 0.2) is 48.8 Å². The average Bonchev–Trinajstić information content (AvgIpc) is 3.30. The summed E-state index contributed by atoms with van der Waals surface area (Å²) in [6, 6.07) is 7.40. The summed E-state index contributed by atoms with van der Waals surface area (Å²) in [5.74, 6) is -1.26. The van der Waals surface area contributed by atoms with E-state index >= 15 is 0 Å². The molecular formula is C22H19F4N3O2. The Hall–Kier alpha value is -3.20. The monoisotopic (exact) mass is 433 g/mol. The van der Waals surface area contributed by atoms with E-state index in [0.29, 0.717) is 11.6 Å². The van der Waals surface area contributed by atoms with Crippen LogP contribution in [0, 0.1) is 5.82 Å². The van der Waals surface area contributed by atoms with Crippen molar-refractivity contribution in [1.29, 1.82) is 0 Å². The molecule has 31 heavy (non-hydrogen) atoms. The third-order valence-electron chi connectivity index (χ3n) is 5.74. The summed E-state index contributed by atoms with van der Waals surface area (Å²) >= 11 is 0. The summed E-state index contributed by atoms with van der Waals surface area (Å²) in [5, 5.41) is 17.5. The Morgan fingerprint density at radius 3 is 2.45 bits per heavy atom. The number of nitrogens with zero attached hydrogens (tertiary/aromatic N) is 2. The third-order valence-corrected chi connectivity index (χ3v) is 5.74. The molecule has 2 aromatic carbocycles. The quantitative estimate of drug-likeness (QED) is 0.615. The first-order valence-electron chi connectivity index (χ1n) is 9.43. The van der Waals surface area contributed by atoms with Crippen molar-refractivity contribution in [2.24, 2.45) is 0 Å². The van der Waals surface area contributed by atoms with Crippen LogP contribution in [0.2, 0.25) is 0 Å². The highest BCUT2D eigenvalue weighted by Crippen LogP contribution is 2.57. The van der Waals surface area contributed by atoms with Crippen molar-refractivity contribution in [2.75, 3.05) is 7.05 Å². The number of aliphatic hydroxyl groups is 1. The number of alkyl halides is 3. The summed E-state index contributed by atoms with van der Waals surface area (Å²) < 4.78 is 57.9. The molecule has 0 fully saturated rings. The van der Waals surface area contributed by atoms with Gasteiger partial charge >= 0.3 is 6.18 Å². The van der Waals surface area contributed by atoms with E-state index in [1.54, 1.807) is 19.9 Å². The summed E-state index contributed by atoms with van der Waals surface area (Å²) in [6.45, 7) is 3.24. The molecular weight excluding hydrogens is 414 g/mol. The molecule has 3 aromatic rings. The number of rotatable bonds is 3. The molecule has 0 aliphatic heterocycles. The van der Waals surface area contributed by atoms with E-state index in [2.05, 4.69) is 10.4 Å². The molecule has 1 aliphatic rings. The molecule has 1 atom stereocenters. The van der Waals surface area contributed by atoms with Crippen LogP contribution in [0.25, 0.3) is 22.3 Å². The number of amides is 1. The minimum Gasteiger partial charge on any atom is -0.372 e. The van der Waals surface area contributed by atoms with Crippen molar-refractivity contribution in [3.63, 3.8) is 0 Å². The minimum absolute atomic E-state index is 0.0779. The van der Waals surface area contributed by atoms with Crippen molar-refractivity contribution in [2.45, 2.75) is 31.2 Å². The average molecular weight is 433 g/mol. The largest absolute Gasteiger partial charge is 0.425 e. The standard InChI is InChI=1S/C22H19F4N3O2/c1-20(2,19(30)27-3)29-11-12(10-28-29)15-8-13(23)9-17-18(15)14-6-4-5-7-16(14)21(17,31)22(24,25)26/h4-11,31H,1-3H3,(H,27,30)/t21-/m1/s1. The van der Waals surface area contributed by atoms with Crippen molar-refractivity contribution >= 4 is 5.91 Å². The lowest BCUT2D eigenvalue weighted by atomic mass is 9.89. The van der Waals surface area contributed by atoms with Gasteiger partial charge in [0.25, 0.3) is 0 Å². The van der Waals surface area contributed by atoms with E-state index in [0.717, 1.165) is 6.07 Å². The molecule has 162 valence electrons. The SMILES string of the molecule is CNC(=O)C(C)(C)n1cc(-c2cc(F)cc3c2-c2ccccc2[C@]3(O)C(F)(F)F)cn1. The molecule has 0 saturated carbocycles. The van der Waals surface area contributed by atoms with Crippen LogP contribution in [-0.2, 0) is 15.9 Å². The second-order valence-electron chi connectivity index (χ2n) is 7.94. The first-order valence-corrected chi connectivity index (χ1v) is 9.43. The normalized spacial score (nSPS) is 17.9. The predicted molar refractivity (Wildman–Crippen MR) is 105 cm³/mol. The summed E-state index contributed by atoms with van der Waals surface area (Å²) in [4.78, 5) is 12.2. The molecule has 0 radical (unpaired) electrons. The Bertz CT molecular complexity index is 1200. The van der Waals surface area contributed by atoms with Crippen LogP contribution < -0.4 is 5.32 Å². The van der Waals surface area contributed by atoms with Gasteiger partial charge in [0.05, 0.1) is 6.20 Å². The zero-order chi connectivity index (χ0) is 22.8. The molecule has 0 spiro atoms. The molecule has 1 aliphatic carbocycles. The van der Waals surface area contributed by atoms with E-state index in [1.165, 1.54) is 42.3 Å². The Morgan fingerprint density at radius 1 is 1.13 bits per heavy atom. The fourth-order valence-electron chi connectivity index (χ4n) is 4.05. The maximum atomic E-state index is 14.5. The van der Waals surface area contributed by atoms with Crippen LogP contribution in [-0.4, -0.2) is 34.0 Å². The number of fused-ring (bicyclic) bond motifs is 3. The van der Waals surface area contributed by atoms with E-state index in [1.807, 2.05) is 0 Å². The second-order valence-corrected chi connectivity index (χ2v) is 7.94. The fraction of sp³-hybridized carbons (Fsp3) is 0.273. The number of carbonyl (C=O) groups excluding carboxylic acids is 1. The van der Waals surface area contributed by atoms with Crippen molar-refractivity contribution in [3.05, 3.63) is 65.7 Å². The lowest BCUT2D eigenvalue weighted by Crippen LogP contribution is -2.43. The maximum Gasteiger partial charge on any atom is 0.425 e. The first kappa shape index (κ1) is 21.0. The fourth-order valence-corrected chi connectivity index (χ4v) is 4.05. The van der Waals surface area contributed by atoms with E-state index < -0.39 is 28.7 Å². The summed E-state index contributed by atoms with van der Waals surface area (Å²) in [5.41, 5.74) is -4.67. The lowest BCUT2D eigenvalue weighted by Gasteiger charge is -2.28. The molecule has 9 heteroatoms. The molecule has 4 rings (SSSR count). The zero-order valence-electron chi connectivity index (χ0n) is 16.9. The van der Waals surface area contributed by atoms with Gasteiger partial charge in [-0.3, -0.25) is 9.48 Å². The lowest BCUT2D eigenvalue weighted by molar-refractivity contribution is -0.246. The molecule has 2 N–H and O–H groups in total. The molecule has 0 saturated heterocycles. The van der Waals surface area contributed by atoms with Gasteiger partial charge in [0, 0.05) is 29.9 Å². The van der Waals surface area contributed by atoms with Gasteiger partial charge in [-0.25, -0.2) is 4.39 Å². The smallest absolute Gasteiger partial charge is 0.372 e. The number of nitrogens with one attached hydrogen (secondary N) is 1. The highest BCUT2D eigenvalue weighted by atomic mass is 19.4. The van der Waals surface area contributed by atoms with E-state index in [-0.39, 0.29) is 28.2 Å². The Morgan fingerprint density at radius 2 is 1.81 bits per heavy atom. The number of benzene rings is 2. The van der Waals surface area contributed by atoms with E-state index in [9.17, 15) is 27.5 Å². The molecule has 1 amide bonds. The highest BCUT2D eigenvalue weighted by Gasteiger charge is 2.61. The van der Waals surface area contributed by atoms with Gasteiger partial charge in [-0.05, 0) is 42.7 Å². The van der Waals surface area contributed by atoms with Crippen LogP contribution in [0.3, 0.4) is 0 Å². The zero-order valence-corrected chi connectivity index (χ0v) is 16.9. The van der Waals surface area contributed by atoms with Gasteiger partial charge in [-0.15, -0.1) is 0 Å². The van der Waals surface area contributed by atoms with Gasteiger partial charge in [-0.2, -0.15) is 18.3 Å². The van der Waals surface area contributed by atoms with Crippen LogP contribution in [0.5, 0.6) is 0 Å². The number of aromatic nitrogens is 2. The first-order chi connectivity index (χ1) is 14.4. The molecule has 1 heterocycles. The van der Waals surface area contributed by atoms with Gasteiger partial charge < -0.3 is 10.4 Å². The van der Waals surface area contributed by atoms with Crippen molar-refractivity contribution < 1.29 is 27.5 Å². The predicted octanol–water partition coefficient (Wildman–Crippen LogP) is 3.95. The summed E-state index contributed by atoms with van der Waals surface area (Å²) in [7, 11) is 1.48. The number of halogens is 4. The van der Waals surface area contributed by atoms with Gasteiger partial charge in [0.1, 0.15) is 11.4 Å².